The van der Waals surface area contributed by atoms with Crippen molar-refractivity contribution in [1.82, 2.24) is 10.2 Å². The van der Waals surface area contributed by atoms with Crippen LogP contribution in [0.3, 0.4) is 0 Å². The maximum Gasteiger partial charge on any atom is 0.573 e. The van der Waals surface area contributed by atoms with Gasteiger partial charge in [-0.2, -0.15) is 0 Å². The maximum absolute atomic E-state index is 12.5. The Bertz CT molecular complexity index is 579. The Morgan fingerprint density at radius 3 is 2.80 bits per heavy atom. The first-order chi connectivity index (χ1) is 11.9. The molecule has 2 rings (SSSR count). The molecule has 1 atom stereocenters. The third kappa shape index (κ3) is 6.12. The van der Waals surface area contributed by atoms with Gasteiger partial charge in [-0.15, -0.1) is 13.2 Å². The molecule has 1 aromatic carbocycles. The number of nitrogens with zero attached hydrogens (tertiary/aromatic N) is 2. The van der Waals surface area contributed by atoms with Crippen LogP contribution in [0.4, 0.5) is 13.2 Å². The van der Waals surface area contributed by atoms with Gasteiger partial charge >= 0.3 is 6.36 Å². The maximum atomic E-state index is 12.5. The van der Waals surface area contributed by atoms with Crippen LogP contribution >= 0.6 is 0 Å². The number of likely N-dealkylation sites (tertiary alicyclic amines) is 1. The number of nitrogens with one attached hydrogen (secondary N) is 1. The van der Waals surface area contributed by atoms with Gasteiger partial charge in [0.25, 0.3) is 0 Å². The average Bonchev–Trinajstić information content (AvgIpc) is 3.00. The molecule has 1 aliphatic heterocycles. The van der Waals surface area contributed by atoms with Crippen molar-refractivity contribution >= 4 is 5.96 Å². The lowest BCUT2D eigenvalue weighted by atomic mass is 10.1. The summed E-state index contributed by atoms with van der Waals surface area (Å²) >= 11 is 0. The van der Waals surface area contributed by atoms with E-state index in [1.54, 1.807) is 19.2 Å². The van der Waals surface area contributed by atoms with E-state index in [1.807, 2.05) is 6.92 Å². The van der Waals surface area contributed by atoms with E-state index >= 15 is 0 Å². The zero-order valence-electron chi connectivity index (χ0n) is 14.5. The molecule has 0 aromatic heterocycles. The van der Waals surface area contributed by atoms with Gasteiger partial charge in [0.2, 0.25) is 0 Å². The van der Waals surface area contributed by atoms with Crippen LogP contribution < -0.4 is 10.1 Å². The van der Waals surface area contributed by atoms with Gasteiger partial charge in [0.15, 0.2) is 5.96 Å². The van der Waals surface area contributed by atoms with Crippen molar-refractivity contribution in [3.05, 3.63) is 29.8 Å². The van der Waals surface area contributed by atoms with Crippen molar-refractivity contribution < 1.29 is 22.6 Å². The number of ether oxygens (including phenoxy) is 2. The van der Waals surface area contributed by atoms with Crippen LogP contribution in [-0.2, 0) is 11.3 Å². The van der Waals surface area contributed by atoms with E-state index < -0.39 is 6.36 Å². The van der Waals surface area contributed by atoms with Crippen molar-refractivity contribution in [1.29, 1.82) is 0 Å². The van der Waals surface area contributed by atoms with E-state index in [-0.39, 0.29) is 12.3 Å². The standard InChI is InChI=1S/C17H24F3N3O2/c1-3-21-16(23-9-8-13(11-23)12-24-2)22-10-14-6-4-5-7-15(14)25-17(18,19)20/h4-7,13H,3,8-12H2,1-2H3,(H,21,22). The summed E-state index contributed by atoms with van der Waals surface area (Å²) in [6.07, 6.45) is -3.71. The van der Waals surface area contributed by atoms with Crippen LogP contribution in [0.2, 0.25) is 0 Å². The Balaban J connectivity index is 2.09. The normalized spacial score (nSPS) is 18.5. The zero-order valence-corrected chi connectivity index (χ0v) is 14.5. The molecule has 0 spiro atoms. The Labute approximate surface area is 145 Å². The van der Waals surface area contributed by atoms with Gasteiger partial charge in [0, 0.05) is 38.2 Å². The topological polar surface area (TPSA) is 46.1 Å². The quantitative estimate of drug-likeness (QED) is 0.627. The second kappa shape index (κ2) is 8.94. The molecule has 1 aliphatic rings. The van der Waals surface area contributed by atoms with Gasteiger partial charge in [-0.1, -0.05) is 18.2 Å². The Hall–Kier alpha value is -1.96. The molecule has 0 bridgehead atoms. The monoisotopic (exact) mass is 359 g/mol. The number of aliphatic imine (C=N–C) groups is 1. The molecule has 1 fully saturated rings. The number of rotatable bonds is 6. The van der Waals surface area contributed by atoms with Crippen molar-refractivity contribution in [3.63, 3.8) is 0 Å². The minimum Gasteiger partial charge on any atom is -0.405 e. The second-order valence-electron chi connectivity index (χ2n) is 5.88. The summed E-state index contributed by atoms with van der Waals surface area (Å²) in [6.45, 7) is 5.11. The van der Waals surface area contributed by atoms with Crippen molar-refractivity contribution in [3.8, 4) is 5.75 Å². The Kier molecular flexibility index (Phi) is 6.92. The van der Waals surface area contributed by atoms with Crippen molar-refractivity contribution in [2.45, 2.75) is 26.3 Å². The fourth-order valence-electron chi connectivity index (χ4n) is 2.84. The smallest absolute Gasteiger partial charge is 0.405 e. The van der Waals surface area contributed by atoms with Gasteiger partial charge in [0.05, 0.1) is 13.2 Å². The third-order valence-corrected chi connectivity index (χ3v) is 3.92. The Morgan fingerprint density at radius 2 is 2.12 bits per heavy atom. The number of guanidine groups is 1. The van der Waals surface area contributed by atoms with E-state index in [4.69, 9.17) is 4.74 Å². The molecular weight excluding hydrogens is 335 g/mol. The number of methoxy groups -OCH3 is 1. The number of para-hydroxylation sites is 1. The average molecular weight is 359 g/mol. The van der Waals surface area contributed by atoms with Gasteiger partial charge in [-0.05, 0) is 19.4 Å². The summed E-state index contributed by atoms with van der Waals surface area (Å²) in [7, 11) is 1.68. The highest BCUT2D eigenvalue weighted by Gasteiger charge is 2.32. The third-order valence-electron chi connectivity index (χ3n) is 3.92. The molecule has 1 heterocycles. The second-order valence-corrected chi connectivity index (χ2v) is 5.88. The summed E-state index contributed by atoms with van der Waals surface area (Å²) in [5.41, 5.74) is 0.392. The highest BCUT2D eigenvalue weighted by atomic mass is 19.4. The lowest BCUT2D eigenvalue weighted by molar-refractivity contribution is -0.274. The summed E-state index contributed by atoms with van der Waals surface area (Å²) in [4.78, 5) is 6.61. The molecule has 0 amide bonds. The van der Waals surface area contributed by atoms with E-state index in [1.165, 1.54) is 12.1 Å². The minimum atomic E-state index is -4.72. The lowest BCUT2D eigenvalue weighted by Gasteiger charge is -2.22. The van der Waals surface area contributed by atoms with Crippen molar-refractivity contribution in [2.24, 2.45) is 10.9 Å². The molecule has 1 aromatic rings. The Morgan fingerprint density at radius 1 is 1.36 bits per heavy atom. The van der Waals surface area contributed by atoms with Gasteiger partial charge < -0.3 is 19.7 Å². The SMILES string of the molecule is CCNC(=NCc1ccccc1OC(F)(F)F)N1CCC(COC)C1. The molecule has 8 heteroatoms. The molecule has 140 valence electrons. The number of alkyl halides is 3. The van der Waals surface area contributed by atoms with Crippen LogP contribution in [-0.4, -0.2) is 50.6 Å². The van der Waals surface area contributed by atoms with Crippen LogP contribution in [0.5, 0.6) is 5.75 Å². The van der Waals surface area contributed by atoms with Gasteiger partial charge in [-0.3, -0.25) is 0 Å². The van der Waals surface area contributed by atoms with Crippen molar-refractivity contribution in [2.75, 3.05) is 33.4 Å². The first kappa shape index (κ1) is 19.4. The minimum absolute atomic E-state index is 0.111. The molecule has 1 unspecified atom stereocenters. The lowest BCUT2D eigenvalue weighted by Crippen LogP contribution is -2.40. The molecule has 0 saturated carbocycles. The van der Waals surface area contributed by atoms with E-state index in [2.05, 4.69) is 19.9 Å². The largest absolute Gasteiger partial charge is 0.573 e. The van der Waals surface area contributed by atoms with E-state index in [0.29, 0.717) is 30.6 Å². The summed E-state index contributed by atoms with van der Waals surface area (Å²) in [6, 6.07) is 6.07. The predicted molar refractivity (Wildman–Crippen MR) is 89.5 cm³/mol. The van der Waals surface area contributed by atoms with Gasteiger partial charge in [-0.25, -0.2) is 4.99 Å². The summed E-state index contributed by atoms with van der Waals surface area (Å²) < 4.78 is 46.8. The number of hydrogen-bond acceptors (Lipinski definition) is 3. The molecule has 1 N–H and O–H groups in total. The fraction of sp³-hybridized carbons (Fsp3) is 0.588. The highest BCUT2D eigenvalue weighted by Crippen LogP contribution is 2.27. The summed E-state index contributed by atoms with van der Waals surface area (Å²) in [5.74, 6) is 0.922. The number of halogens is 3. The highest BCUT2D eigenvalue weighted by molar-refractivity contribution is 5.80. The number of benzene rings is 1. The molecular formula is C17H24F3N3O2. The molecule has 5 nitrogen and oxygen atoms in total. The first-order valence-corrected chi connectivity index (χ1v) is 8.28. The number of hydrogen-bond donors (Lipinski definition) is 1. The van der Waals surface area contributed by atoms with Crippen LogP contribution in [0.15, 0.2) is 29.3 Å². The molecule has 0 radical (unpaired) electrons. The summed E-state index contributed by atoms with van der Waals surface area (Å²) in [5, 5.41) is 3.20. The zero-order chi connectivity index (χ0) is 18.3. The molecule has 0 aliphatic carbocycles. The molecule has 1 saturated heterocycles. The van der Waals surface area contributed by atoms with Crippen LogP contribution in [0.25, 0.3) is 0 Å². The molecule has 25 heavy (non-hydrogen) atoms. The van der Waals surface area contributed by atoms with Crippen LogP contribution in [0.1, 0.15) is 18.9 Å². The predicted octanol–water partition coefficient (Wildman–Crippen LogP) is 3.02. The van der Waals surface area contributed by atoms with Gasteiger partial charge in [0.1, 0.15) is 5.75 Å². The fourth-order valence-corrected chi connectivity index (χ4v) is 2.84. The van der Waals surface area contributed by atoms with E-state index in [0.717, 1.165) is 19.5 Å². The first-order valence-electron chi connectivity index (χ1n) is 8.28. The van der Waals surface area contributed by atoms with Crippen LogP contribution in [0, 0.1) is 5.92 Å². The van der Waals surface area contributed by atoms with E-state index in [9.17, 15) is 13.2 Å².